The fourth-order valence-corrected chi connectivity index (χ4v) is 3.60. The predicted molar refractivity (Wildman–Crippen MR) is 97.8 cm³/mol. The van der Waals surface area contributed by atoms with Gasteiger partial charge in [-0.15, -0.1) is 0 Å². The minimum absolute atomic E-state index is 0.0252. The summed E-state index contributed by atoms with van der Waals surface area (Å²) in [5.74, 6) is 1.46. The molecule has 2 aliphatic heterocycles. The lowest BCUT2D eigenvalue weighted by Crippen LogP contribution is -2.56. The third kappa shape index (κ3) is 4.95. The summed E-state index contributed by atoms with van der Waals surface area (Å²) in [5.41, 5.74) is 0.434. The summed E-state index contributed by atoms with van der Waals surface area (Å²) in [4.78, 5) is 12.9. The molecule has 0 saturated carbocycles. The second-order valence-corrected chi connectivity index (χ2v) is 7.29. The zero-order valence-electron chi connectivity index (χ0n) is 15.2. The third-order valence-electron chi connectivity index (χ3n) is 5.26. The Morgan fingerprint density at radius 3 is 2.76 bits per heavy atom. The molecule has 1 aromatic carbocycles. The van der Waals surface area contributed by atoms with Crippen LogP contribution >= 0.6 is 0 Å². The van der Waals surface area contributed by atoms with E-state index in [1.165, 1.54) is 5.56 Å². The van der Waals surface area contributed by atoms with E-state index in [1.807, 2.05) is 31.2 Å². The lowest BCUT2D eigenvalue weighted by Gasteiger charge is -2.36. The monoisotopic (exact) mass is 346 g/mol. The van der Waals surface area contributed by atoms with Crippen molar-refractivity contribution < 1.29 is 14.3 Å². The van der Waals surface area contributed by atoms with Crippen LogP contribution in [0.1, 0.15) is 37.7 Å². The van der Waals surface area contributed by atoms with Crippen molar-refractivity contribution in [2.24, 2.45) is 5.92 Å². The van der Waals surface area contributed by atoms with Gasteiger partial charge in [-0.1, -0.05) is 17.7 Å². The van der Waals surface area contributed by atoms with Crippen LogP contribution in [0.2, 0.25) is 0 Å². The van der Waals surface area contributed by atoms with Crippen molar-refractivity contribution in [2.75, 3.05) is 32.8 Å². The van der Waals surface area contributed by atoms with Gasteiger partial charge < -0.3 is 20.1 Å². The Labute approximate surface area is 150 Å². The Kier molecular flexibility index (Phi) is 6.32. The van der Waals surface area contributed by atoms with Gasteiger partial charge in [-0.2, -0.15) is 0 Å². The number of piperidine rings is 1. The molecule has 2 fully saturated rings. The van der Waals surface area contributed by atoms with E-state index < -0.39 is 5.60 Å². The van der Waals surface area contributed by atoms with E-state index in [-0.39, 0.29) is 5.91 Å². The van der Waals surface area contributed by atoms with Crippen LogP contribution in [0, 0.1) is 12.8 Å². The fraction of sp³-hybridized carbons (Fsp3) is 0.650. The van der Waals surface area contributed by atoms with E-state index in [2.05, 4.69) is 10.6 Å². The number of hydrogen-bond donors (Lipinski definition) is 2. The maximum atomic E-state index is 12.9. The van der Waals surface area contributed by atoms with Gasteiger partial charge in [0.25, 0.3) is 5.91 Å². The topological polar surface area (TPSA) is 59.6 Å². The van der Waals surface area contributed by atoms with Gasteiger partial charge in [-0.25, -0.2) is 0 Å². The van der Waals surface area contributed by atoms with Gasteiger partial charge in [-0.3, -0.25) is 4.79 Å². The molecular weight excluding hydrogens is 316 g/mol. The SMILES string of the molecule is Cc1ccc(OC2(C(=O)NCCCC3CCOC3)CCNCC2)cc1. The molecular formula is C20H30N2O3. The van der Waals surface area contributed by atoms with Crippen molar-refractivity contribution in [3.63, 3.8) is 0 Å². The summed E-state index contributed by atoms with van der Waals surface area (Å²) >= 11 is 0. The van der Waals surface area contributed by atoms with Crippen LogP contribution in [0.4, 0.5) is 0 Å². The maximum absolute atomic E-state index is 12.9. The van der Waals surface area contributed by atoms with Gasteiger partial charge in [0.15, 0.2) is 5.60 Å². The third-order valence-corrected chi connectivity index (χ3v) is 5.26. The normalized spacial score (nSPS) is 22.5. The van der Waals surface area contributed by atoms with Crippen molar-refractivity contribution in [3.8, 4) is 5.75 Å². The molecule has 2 N–H and O–H groups in total. The molecule has 25 heavy (non-hydrogen) atoms. The first kappa shape index (κ1) is 18.2. The Hall–Kier alpha value is -1.59. The molecule has 1 amide bonds. The van der Waals surface area contributed by atoms with Crippen molar-refractivity contribution in [1.82, 2.24) is 10.6 Å². The van der Waals surface area contributed by atoms with Crippen molar-refractivity contribution >= 4 is 5.91 Å². The average Bonchev–Trinajstić information content (AvgIpc) is 3.15. The lowest BCUT2D eigenvalue weighted by atomic mass is 9.90. The quantitative estimate of drug-likeness (QED) is 0.745. The van der Waals surface area contributed by atoms with Crippen LogP contribution < -0.4 is 15.4 Å². The predicted octanol–water partition coefficient (Wildman–Crippen LogP) is 2.43. The molecule has 0 bridgehead atoms. The standard InChI is InChI=1S/C20H30N2O3/c1-16-4-6-18(7-5-16)25-20(9-12-21-13-10-20)19(23)22-11-2-3-17-8-14-24-15-17/h4-7,17,21H,2-3,8-15H2,1H3,(H,22,23). The first-order valence-corrected chi connectivity index (χ1v) is 9.50. The summed E-state index contributed by atoms with van der Waals surface area (Å²) in [5, 5.41) is 6.44. The molecule has 0 aromatic heterocycles. The molecule has 5 nitrogen and oxygen atoms in total. The number of nitrogens with one attached hydrogen (secondary N) is 2. The summed E-state index contributed by atoms with van der Waals surface area (Å²) in [6.07, 6.45) is 4.67. The number of benzene rings is 1. The number of amides is 1. The van der Waals surface area contributed by atoms with Crippen LogP contribution in [0.3, 0.4) is 0 Å². The first-order valence-electron chi connectivity index (χ1n) is 9.50. The minimum Gasteiger partial charge on any atom is -0.477 e. The lowest BCUT2D eigenvalue weighted by molar-refractivity contribution is -0.139. The summed E-state index contributed by atoms with van der Waals surface area (Å²) < 4.78 is 11.6. The molecule has 0 radical (unpaired) electrons. The zero-order chi connectivity index (χ0) is 17.5. The first-order chi connectivity index (χ1) is 12.2. The molecule has 2 aliphatic rings. The largest absolute Gasteiger partial charge is 0.477 e. The van der Waals surface area contributed by atoms with E-state index in [1.54, 1.807) is 0 Å². The van der Waals surface area contributed by atoms with Crippen LogP contribution in [-0.2, 0) is 9.53 Å². The van der Waals surface area contributed by atoms with Crippen LogP contribution in [0.15, 0.2) is 24.3 Å². The fourth-order valence-electron chi connectivity index (χ4n) is 3.60. The highest BCUT2D eigenvalue weighted by molar-refractivity contribution is 5.85. The smallest absolute Gasteiger partial charge is 0.264 e. The number of rotatable bonds is 7. The second-order valence-electron chi connectivity index (χ2n) is 7.29. The van der Waals surface area contributed by atoms with E-state index in [0.29, 0.717) is 25.3 Å². The Bertz CT molecular complexity index is 547. The molecule has 138 valence electrons. The Morgan fingerprint density at radius 2 is 2.08 bits per heavy atom. The molecule has 1 atom stereocenters. The average molecular weight is 346 g/mol. The summed E-state index contributed by atoms with van der Waals surface area (Å²) in [6, 6.07) is 7.94. The highest BCUT2D eigenvalue weighted by Gasteiger charge is 2.41. The Balaban J connectivity index is 1.54. The van der Waals surface area contributed by atoms with Crippen molar-refractivity contribution in [3.05, 3.63) is 29.8 Å². The number of carbonyl (C=O) groups is 1. The van der Waals surface area contributed by atoms with E-state index in [0.717, 1.165) is 51.3 Å². The van der Waals surface area contributed by atoms with Crippen molar-refractivity contribution in [2.45, 2.75) is 44.6 Å². The van der Waals surface area contributed by atoms with Crippen LogP contribution in [0.5, 0.6) is 5.75 Å². The molecule has 2 heterocycles. The highest BCUT2D eigenvalue weighted by Crippen LogP contribution is 2.27. The molecule has 3 rings (SSSR count). The number of carbonyl (C=O) groups excluding carboxylic acids is 1. The summed E-state index contributed by atoms with van der Waals surface area (Å²) in [7, 11) is 0. The molecule has 0 spiro atoms. The van der Waals surface area contributed by atoms with Gasteiger partial charge in [0.05, 0.1) is 0 Å². The van der Waals surface area contributed by atoms with Crippen LogP contribution in [-0.4, -0.2) is 44.4 Å². The van der Waals surface area contributed by atoms with E-state index >= 15 is 0 Å². The number of ether oxygens (including phenoxy) is 2. The molecule has 2 saturated heterocycles. The molecule has 5 heteroatoms. The van der Waals surface area contributed by atoms with E-state index in [9.17, 15) is 4.79 Å². The van der Waals surface area contributed by atoms with Crippen molar-refractivity contribution in [1.29, 1.82) is 0 Å². The van der Waals surface area contributed by atoms with Gasteiger partial charge in [0.2, 0.25) is 0 Å². The molecule has 0 aliphatic carbocycles. The van der Waals surface area contributed by atoms with Gasteiger partial charge in [0.1, 0.15) is 5.75 Å². The molecule has 1 aromatic rings. The highest BCUT2D eigenvalue weighted by atomic mass is 16.5. The molecule has 1 unspecified atom stereocenters. The number of aryl methyl sites for hydroxylation is 1. The van der Waals surface area contributed by atoms with E-state index in [4.69, 9.17) is 9.47 Å². The van der Waals surface area contributed by atoms with Gasteiger partial charge >= 0.3 is 0 Å². The maximum Gasteiger partial charge on any atom is 0.264 e. The minimum atomic E-state index is -0.753. The summed E-state index contributed by atoms with van der Waals surface area (Å²) in [6.45, 7) is 6.13. The van der Waals surface area contributed by atoms with Gasteiger partial charge in [-0.05, 0) is 57.3 Å². The number of hydrogen-bond acceptors (Lipinski definition) is 4. The Morgan fingerprint density at radius 1 is 1.32 bits per heavy atom. The second kappa shape index (κ2) is 8.68. The van der Waals surface area contributed by atoms with Gasteiger partial charge in [0, 0.05) is 32.6 Å². The zero-order valence-corrected chi connectivity index (χ0v) is 15.2. The van der Waals surface area contributed by atoms with Crippen LogP contribution in [0.25, 0.3) is 0 Å².